The van der Waals surface area contributed by atoms with E-state index in [1.165, 1.54) is 5.56 Å². The van der Waals surface area contributed by atoms with Crippen molar-refractivity contribution in [1.82, 2.24) is 24.6 Å². The lowest BCUT2D eigenvalue weighted by molar-refractivity contribution is 0.0712. The summed E-state index contributed by atoms with van der Waals surface area (Å²) >= 11 is 0. The second-order valence-electron chi connectivity index (χ2n) is 7.53. The van der Waals surface area contributed by atoms with Crippen LogP contribution in [0.3, 0.4) is 0 Å². The fourth-order valence-electron chi connectivity index (χ4n) is 4.06. The molecule has 7 nitrogen and oxygen atoms in total. The number of amides is 1. The van der Waals surface area contributed by atoms with Crippen molar-refractivity contribution >= 4 is 5.91 Å². The molecule has 7 heteroatoms. The molecule has 4 aromatic rings. The summed E-state index contributed by atoms with van der Waals surface area (Å²) in [5.41, 5.74) is 3.77. The number of aryl methyl sites for hydroxylation is 1. The van der Waals surface area contributed by atoms with Crippen LogP contribution in [0.4, 0.5) is 0 Å². The first kappa shape index (κ1) is 18.3. The van der Waals surface area contributed by atoms with Gasteiger partial charge in [0.15, 0.2) is 5.69 Å². The normalized spacial score (nSPS) is 15.8. The third kappa shape index (κ3) is 3.39. The highest BCUT2D eigenvalue weighted by Crippen LogP contribution is 2.33. The van der Waals surface area contributed by atoms with Crippen LogP contribution in [0.15, 0.2) is 71.8 Å². The number of carbonyl (C=O) groups is 1. The SMILES string of the molecule is Cc1cc(C(=O)N2Cc3ccccc3[C@H](c3nccn3Cc3cccnc3)C2)no1. The molecule has 0 saturated carbocycles. The van der Waals surface area contributed by atoms with Crippen molar-refractivity contribution < 1.29 is 9.32 Å². The molecule has 0 radical (unpaired) electrons. The van der Waals surface area contributed by atoms with Gasteiger partial charge in [-0.15, -0.1) is 0 Å². The van der Waals surface area contributed by atoms with Gasteiger partial charge in [-0.2, -0.15) is 0 Å². The van der Waals surface area contributed by atoms with Crippen LogP contribution in [0.5, 0.6) is 0 Å². The van der Waals surface area contributed by atoms with E-state index in [4.69, 9.17) is 4.52 Å². The summed E-state index contributed by atoms with van der Waals surface area (Å²) in [5, 5.41) is 3.91. The average Bonchev–Trinajstić information content (AvgIpc) is 3.42. The highest BCUT2D eigenvalue weighted by molar-refractivity contribution is 5.92. The van der Waals surface area contributed by atoms with E-state index in [9.17, 15) is 4.79 Å². The highest BCUT2D eigenvalue weighted by Gasteiger charge is 2.32. The van der Waals surface area contributed by atoms with E-state index < -0.39 is 0 Å². The Bertz CT molecular complexity index is 1180. The number of aromatic nitrogens is 4. The van der Waals surface area contributed by atoms with Crippen LogP contribution in [0.25, 0.3) is 0 Å². The van der Waals surface area contributed by atoms with Gasteiger partial charge in [-0.25, -0.2) is 4.98 Å². The van der Waals surface area contributed by atoms with Crippen molar-refractivity contribution in [1.29, 1.82) is 0 Å². The molecule has 1 amide bonds. The molecule has 0 saturated heterocycles. The Morgan fingerprint density at radius 1 is 1.20 bits per heavy atom. The molecule has 0 unspecified atom stereocenters. The zero-order chi connectivity index (χ0) is 20.5. The van der Waals surface area contributed by atoms with Gasteiger partial charge < -0.3 is 14.0 Å². The zero-order valence-corrected chi connectivity index (χ0v) is 16.6. The minimum Gasteiger partial charge on any atom is -0.361 e. The Labute approximate surface area is 174 Å². The van der Waals surface area contributed by atoms with Gasteiger partial charge in [-0.05, 0) is 29.7 Å². The molecule has 1 aliphatic heterocycles. The van der Waals surface area contributed by atoms with Gasteiger partial charge in [0.1, 0.15) is 11.6 Å². The second kappa shape index (κ2) is 7.59. The van der Waals surface area contributed by atoms with E-state index in [1.807, 2.05) is 47.8 Å². The monoisotopic (exact) mass is 399 g/mol. The lowest BCUT2D eigenvalue weighted by Crippen LogP contribution is -2.39. The number of hydrogen-bond donors (Lipinski definition) is 0. The van der Waals surface area contributed by atoms with Crippen LogP contribution < -0.4 is 0 Å². The maximum atomic E-state index is 13.1. The molecule has 3 aromatic heterocycles. The van der Waals surface area contributed by atoms with Crippen LogP contribution in [-0.4, -0.2) is 37.0 Å². The predicted octanol–water partition coefficient (Wildman–Crippen LogP) is 3.41. The van der Waals surface area contributed by atoms with E-state index >= 15 is 0 Å². The number of rotatable bonds is 4. The summed E-state index contributed by atoms with van der Waals surface area (Å²) in [6, 6.07) is 13.9. The summed E-state index contributed by atoms with van der Waals surface area (Å²) in [4.78, 5) is 23.8. The molecular formula is C23H21N5O2. The summed E-state index contributed by atoms with van der Waals surface area (Å²) in [5.74, 6) is 1.40. The van der Waals surface area contributed by atoms with E-state index in [0.29, 0.717) is 31.1 Å². The van der Waals surface area contributed by atoms with Crippen LogP contribution >= 0.6 is 0 Å². The molecule has 150 valence electrons. The first-order valence-electron chi connectivity index (χ1n) is 9.89. The molecular weight excluding hydrogens is 378 g/mol. The van der Waals surface area contributed by atoms with Crippen LogP contribution in [-0.2, 0) is 13.1 Å². The predicted molar refractivity (Wildman–Crippen MR) is 110 cm³/mol. The Morgan fingerprint density at radius 2 is 2.10 bits per heavy atom. The molecule has 1 aliphatic rings. The number of benzene rings is 1. The van der Waals surface area contributed by atoms with Crippen molar-refractivity contribution in [2.75, 3.05) is 6.54 Å². The lowest BCUT2D eigenvalue weighted by atomic mass is 9.88. The van der Waals surface area contributed by atoms with E-state index in [1.54, 1.807) is 19.2 Å². The third-order valence-electron chi connectivity index (χ3n) is 5.46. The topological polar surface area (TPSA) is 77.1 Å². The molecule has 0 bridgehead atoms. The maximum absolute atomic E-state index is 13.1. The number of nitrogens with zero attached hydrogens (tertiary/aromatic N) is 5. The average molecular weight is 399 g/mol. The van der Waals surface area contributed by atoms with Gasteiger partial charge in [-0.1, -0.05) is 35.5 Å². The summed E-state index contributed by atoms with van der Waals surface area (Å²) in [6.45, 7) is 3.54. The van der Waals surface area contributed by atoms with Gasteiger partial charge in [0.05, 0.1) is 12.5 Å². The van der Waals surface area contributed by atoms with E-state index in [0.717, 1.165) is 17.0 Å². The Morgan fingerprint density at radius 3 is 2.90 bits per heavy atom. The van der Waals surface area contributed by atoms with Crippen LogP contribution in [0, 0.1) is 6.92 Å². The number of carbonyl (C=O) groups excluding carboxylic acids is 1. The molecule has 0 N–H and O–H groups in total. The Kier molecular flexibility index (Phi) is 4.63. The molecule has 0 aliphatic carbocycles. The van der Waals surface area contributed by atoms with Gasteiger partial charge in [0.25, 0.3) is 5.91 Å². The lowest BCUT2D eigenvalue weighted by Gasteiger charge is -2.34. The van der Waals surface area contributed by atoms with Crippen molar-refractivity contribution in [3.63, 3.8) is 0 Å². The largest absolute Gasteiger partial charge is 0.361 e. The van der Waals surface area contributed by atoms with Gasteiger partial charge >= 0.3 is 0 Å². The quantitative estimate of drug-likeness (QED) is 0.526. The fourth-order valence-corrected chi connectivity index (χ4v) is 4.06. The van der Waals surface area contributed by atoms with E-state index in [2.05, 4.69) is 31.8 Å². The van der Waals surface area contributed by atoms with Crippen molar-refractivity contribution in [2.45, 2.75) is 25.9 Å². The Balaban J connectivity index is 1.50. The third-order valence-corrected chi connectivity index (χ3v) is 5.46. The number of hydrogen-bond acceptors (Lipinski definition) is 5. The molecule has 0 spiro atoms. The minimum atomic E-state index is -0.128. The smallest absolute Gasteiger partial charge is 0.276 e. The molecule has 4 heterocycles. The molecule has 5 rings (SSSR count). The van der Waals surface area contributed by atoms with Gasteiger partial charge in [0, 0.05) is 43.9 Å². The standard InChI is InChI=1S/C23H21N5O2/c1-16-11-21(26-30-16)23(29)28-14-18-6-2-3-7-19(18)20(15-28)22-25-9-10-27(22)13-17-5-4-8-24-12-17/h2-12,20H,13-15H2,1H3/t20-/m1/s1. The van der Waals surface area contributed by atoms with Crippen LogP contribution in [0.1, 0.15) is 44.7 Å². The first-order valence-corrected chi connectivity index (χ1v) is 9.89. The minimum absolute atomic E-state index is 0.0291. The maximum Gasteiger partial charge on any atom is 0.276 e. The van der Waals surface area contributed by atoms with E-state index in [-0.39, 0.29) is 11.8 Å². The molecule has 30 heavy (non-hydrogen) atoms. The van der Waals surface area contributed by atoms with Gasteiger partial charge in [-0.3, -0.25) is 9.78 Å². The highest BCUT2D eigenvalue weighted by atomic mass is 16.5. The second-order valence-corrected chi connectivity index (χ2v) is 7.53. The first-order chi connectivity index (χ1) is 14.7. The van der Waals surface area contributed by atoms with Crippen molar-refractivity contribution in [3.05, 3.63) is 101 Å². The molecule has 1 atom stereocenters. The Hall–Kier alpha value is -3.74. The van der Waals surface area contributed by atoms with Crippen LogP contribution in [0.2, 0.25) is 0 Å². The fraction of sp³-hybridized carbons (Fsp3) is 0.217. The number of imidazole rings is 1. The summed E-state index contributed by atoms with van der Waals surface area (Å²) < 4.78 is 7.24. The summed E-state index contributed by atoms with van der Waals surface area (Å²) in [7, 11) is 0. The van der Waals surface area contributed by atoms with Crippen molar-refractivity contribution in [2.24, 2.45) is 0 Å². The summed E-state index contributed by atoms with van der Waals surface area (Å²) in [6.07, 6.45) is 7.43. The van der Waals surface area contributed by atoms with Crippen molar-refractivity contribution in [3.8, 4) is 0 Å². The molecule has 0 fully saturated rings. The zero-order valence-electron chi connectivity index (χ0n) is 16.6. The molecule has 1 aromatic carbocycles. The van der Waals surface area contributed by atoms with Gasteiger partial charge in [0.2, 0.25) is 0 Å². The number of fused-ring (bicyclic) bond motifs is 1. The number of pyridine rings is 1.